The van der Waals surface area contributed by atoms with Crippen molar-refractivity contribution >= 4 is 21.8 Å². The van der Waals surface area contributed by atoms with Crippen LogP contribution in [-0.4, -0.2) is 63.1 Å². The van der Waals surface area contributed by atoms with E-state index in [1.54, 1.807) is 19.2 Å². The van der Waals surface area contributed by atoms with Gasteiger partial charge in [0.05, 0.1) is 12.7 Å². The molecule has 0 aliphatic heterocycles. The molecule has 0 aliphatic rings. The normalized spacial score (nSPS) is 11.1. The molecule has 158 valence electrons. The van der Waals surface area contributed by atoms with E-state index in [1.807, 2.05) is 6.07 Å². The minimum absolute atomic E-state index is 0.103. The molecule has 0 unspecified atom stereocenters. The summed E-state index contributed by atoms with van der Waals surface area (Å²) < 4.78 is 6.13. The highest BCUT2D eigenvalue weighted by Gasteiger charge is 2.12. The Kier molecular flexibility index (Phi) is 10.2. The largest absolute Gasteiger partial charge is 0.496 e. The van der Waals surface area contributed by atoms with Crippen LogP contribution >= 0.6 is 15.9 Å². The number of nitrogens with one attached hydrogen (secondary N) is 1. The third-order valence-corrected chi connectivity index (χ3v) is 5.28. The van der Waals surface area contributed by atoms with E-state index in [-0.39, 0.29) is 5.91 Å². The number of rotatable bonds is 12. The minimum atomic E-state index is -0.103. The second-order valence-electron chi connectivity index (χ2n) is 7.33. The number of ether oxygens (including phenoxy) is 1. The Morgan fingerprint density at radius 3 is 2.41 bits per heavy atom. The fourth-order valence-corrected chi connectivity index (χ4v) is 3.56. The van der Waals surface area contributed by atoms with Gasteiger partial charge in [0.2, 0.25) is 0 Å². The fraction of sp³-hybridized carbons (Fsp3) is 0.435. The Morgan fingerprint density at radius 1 is 1.00 bits per heavy atom. The van der Waals surface area contributed by atoms with Gasteiger partial charge in [-0.25, -0.2) is 0 Å². The van der Waals surface area contributed by atoms with Crippen molar-refractivity contribution in [1.29, 1.82) is 0 Å². The highest BCUT2D eigenvalue weighted by atomic mass is 79.9. The molecule has 0 aromatic heterocycles. The Hall–Kier alpha value is -1.89. The van der Waals surface area contributed by atoms with Gasteiger partial charge in [0, 0.05) is 17.6 Å². The summed E-state index contributed by atoms with van der Waals surface area (Å²) in [6.45, 7) is 4.70. The maximum Gasteiger partial charge on any atom is 0.255 e. The van der Waals surface area contributed by atoms with Crippen LogP contribution in [0.25, 0.3) is 0 Å². The van der Waals surface area contributed by atoms with E-state index in [4.69, 9.17) is 4.74 Å². The summed E-state index contributed by atoms with van der Waals surface area (Å²) in [5.41, 5.74) is 1.90. The van der Waals surface area contributed by atoms with E-state index in [0.29, 0.717) is 17.9 Å². The molecule has 1 amide bonds. The number of hydrogen-bond acceptors (Lipinski definition) is 4. The van der Waals surface area contributed by atoms with Crippen molar-refractivity contribution in [3.8, 4) is 5.75 Å². The fourth-order valence-electron chi connectivity index (χ4n) is 3.20. The van der Waals surface area contributed by atoms with Crippen LogP contribution in [0.4, 0.5) is 0 Å². The summed E-state index contributed by atoms with van der Waals surface area (Å²) >= 11 is 3.40. The number of amides is 1. The van der Waals surface area contributed by atoms with Gasteiger partial charge >= 0.3 is 0 Å². The summed E-state index contributed by atoms with van der Waals surface area (Å²) in [6.07, 6.45) is 2.04. The van der Waals surface area contributed by atoms with E-state index in [0.717, 1.165) is 43.5 Å². The summed E-state index contributed by atoms with van der Waals surface area (Å²) in [4.78, 5) is 17.1. The molecule has 0 fully saturated rings. The molecule has 0 radical (unpaired) electrons. The zero-order chi connectivity index (χ0) is 21.1. The van der Waals surface area contributed by atoms with E-state index in [9.17, 15) is 4.79 Å². The van der Waals surface area contributed by atoms with Crippen molar-refractivity contribution in [3.05, 3.63) is 64.1 Å². The first-order chi connectivity index (χ1) is 14.0. The maximum absolute atomic E-state index is 12.4. The highest BCUT2D eigenvalue weighted by molar-refractivity contribution is 9.10. The zero-order valence-corrected chi connectivity index (χ0v) is 19.2. The molecule has 6 heteroatoms. The van der Waals surface area contributed by atoms with E-state index >= 15 is 0 Å². The van der Waals surface area contributed by atoms with Gasteiger partial charge in [0.15, 0.2) is 0 Å². The lowest BCUT2D eigenvalue weighted by atomic mass is 10.2. The van der Waals surface area contributed by atoms with Crippen molar-refractivity contribution in [3.63, 3.8) is 0 Å². The van der Waals surface area contributed by atoms with Gasteiger partial charge in [-0.2, -0.15) is 0 Å². The van der Waals surface area contributed by atoms with E-state index in [1.165, 1.54) is 5.56 Å². The second kappa shape index (κ2) is 12.6. The van der Waals surface area contributed by atoms with Gasteiger partial charge in [-0.3, -0.25) is 4.79 Å². The van der Waals surface area contributed by atoms with Gasteiger partial charge in [0.25, 0.3) is 5.91 Å². The number of methoxy groups -OCH3 is 1. The van der Waals surface area contributed by atoms with Crippen molar-refractivity contribution < 1.29 is 9.53 Å². The van der Waals surface area contributed by atoms with E-state index in [2.05, 4.69) is 75.5 Å². The topological polar surface area (TPSA) is 44.8 Å². The molecular weight excluding hydrogens is 430 g/mol. The first kappa shape index (κ1) is 23.4. The van der Waals surface area contributed by atoms with Crippen LogP contribution in [0.2, 0.25) is 0 Å². The van der Waals surface area contributed by atoms with Crippen molar-refractivity contribution in [1.82, 2.24) is 15.1 Å². The lowest BCUT2D eigenvalue weighted by molar-refractivity contribution is 0.0949. The molecule has 0 atom stereocenters. The van der Waals surface area contributed by atoms with Crippen LogP contribution in [0, 0.1) is 0 Å². The maximum atomic E-state index is 12.4. The van der Waals surface area contributed by atoms with Crippen molar-refractivity contribution in [2.45, 2.75) is 19.4 Å². The monoisotopic (exact) mass is 461 g/mol. The molecule has 5 nitrogen and oxygen atoms in total. The lowest BCUT2D eigenvalue weighted by Crippen LogP contribution is -2.30. The Labute approximate surface area is 183 Å². The van der Waals surface area contributed by atoms with Crippen molar-refractivity contribution in [2.75, 3.05) is 47.4 Å². The van der Waals surface area contributed by atoms with Gasteiger partial charge in [-0.1, -0.05) is 46.3 Å². The SMILES string of the molecule is COc1ccc(Br)cc1C(=O)NCCCN(C)CCCN(C)Cc1ccccc1. The van der Waals surface area contributed by atoms with E-state index < -0.39 is 0 Å². The molecule has 0 heterocycles. The highest BCUT2D eigenvalue weighted by Crippen LogP contribution is 2.22. The van der Waals surface area contributed by atoms with Gasteiger partial charge in [0.1, 0.15) is 5.75 Å². The van der Waals surface area contributed by atoms with Crippen LogP contribution in [0.3, 0.4) is 0 Å². The molecule has 0 bridgehead atoms. The van der Waals surface area contributed by atoms with Gasteiger partial charge in [-0.05, 0) is 70.3 Å². The summed E-state index contributed by atoms with van der Waals surface area (Å²) in [7, 11) is 5.88. The standard InChI is InChI=1S/C23H32BrN3O2/c1-26(15-8-16-27(2)18-19-9-5-4-6-10-19)14-7-13-25-23(28)21-17-20(24)11-12-22(21)29-3/h4-6,9-12,17H,7-8,13-16,18H2,1-3H3,(H,25,28). The first-order valence-corrected chi connectivity index (χ1v) is 10.8. The number of halogens is 1. The Morgan fingerprint density at radius 2 is 1.69 bits per heavy atom. The molecular formula is C23H32BrN3O2. The number of carbonyl (C=O) groups is 1. The molecule has 29 heavy (non-hydrogen) atoms. The Bertz CT molecular complexity index is 755. The third-order valence-electron chi connectivity index (χ3n) is 4.78. The quantitative estimate of drug-likeness (QED) is 0.484. The molecule has 1 N–H and O–H groups in total. The smallest absolute Gasteiger partial charge is 0.255 e. The molecule has 0 spiro atoms. The molecule has 2 rings (SSSR count). The number of nitrogens with zero attached hydrogens (tertiary/aromatic N) is 2. The summed E-state index contributed by atoms with van der Waals surface area (Å²) in [6, 6.07) is 16.0. The number of carbonyl (C=O) groups excluding carboxylic acids is 1. The van der Waals surface area contributed by atoms with Gasteiger partial charge < -0.3 is 19.9 Å². The van der Waals surface area contributed by atoms with Crippen LogP contribution in [0.1, 0.15) is 28.8 Å². The van der Waals surface area contributed by atoms with Crippen LogP contribution in [0.5, 0.6) is 5.75 Å². The molecule has 2 aromatic carbocycles. The lowest BCUT2D eigenvalue weighted by Gasteiger charge is -2.20. The number of hydrogen-bond donors (Lipinski definition) is 1. The first-order valence-electron chi connectivity index (χ1n) is 10.0. The molecule has 0 saturated carbocycles. The summed E-state index contributed by atoms with van der Waals surface area (Å²) in [5.74, 6) is 0.482. The Balaban J connectivity index is 1.60. The average Bonchev–Trinajstić information content (AvgIpc) is 2.71. The molecule has 0 aliphatic carbocycles. The van der Waals surface area contributed by atoms with Crippen LogP contribution in [-0.2, 0) is 6.54 Å². The summed E-state index contributed by atoms with van der Waals surface area (Å²) in [5, 5.41) is 2.98. The van der Waals surface area contributed by atoms with Crippen LogP contribution < -0.4 is 10.1 Å². The average molecular weight is 462 g/mol. The van der Waals surface area contributed by atoms with Crippen LogP contribution in [0.15, 0.2) is 53.0 Å². The molecule has 0 saturated heterocycles. The second-order valence-corrected chi connectivity index (χ2v) is 8.25. The predicted molar refractivity (Wildman–Crippen MR) is 123 cm³/mol. The predicted octanol–water partition coefficient (Wildman–Crippen LogP) is 4.03. The van der Waals surface area contributed by atoms with Crippen molar-refractivity contribution in [2.24, 2.45) is 0 Å². The van der Waals surface area contributed by atoms with Gasteiger partial charge in [-0.15, -0.1) is 0 Å². The minimum Gasteiger partial charge on any atom is -0.496 e. The number of benzene rings is 2. The molecule has 2 aromatic rings. The third kappa shape index (κ3) is 8.56. The zero-order valence-electron chi connectivity index (χ0n) is 17.7.